The highest BCUT2D eigenvalue weighted by atomic mass is 35.5. The van der Waals surface area contributed by atoms with Crippen LogP contribution in [0.5, 0.6) is 0 Å². The molecule has 23 heavy (non-hydrogen) atoms. The van der Waals surface area contributed by atoms with Crippen LogP contribution in [0.4, 0.5) is 11.4 Å². The van der Waals surface area contributed by atoms with E-state index < -0.39 is 15.9 Å². The minimum Gasteiger partial charge on any atom is -0.322 e. The predicted octanol–water partition coefficient (Wildman–Crippen LogP) is 4.01. The van der Waals surface area contributed by atoms with Crippen LogP contribution in [0.2, 0.25) is 10.0 Å². The van der Waals surface area contributed by atoms with E-state index >= 15 is 0 Å². The number of hydrogen-bond donors (Lipinski definition) is 2. The molecular weight excluding hydrogens is 359 g/mol. The predicted molar refractivity (Wildman–Crippen MR) is 93.9 cm³/mol. The molecule has 0 radical (unpaired) electrons. The summed E-state index contributed by atoms with van der Waals surface area (Å²) < 4.78 is 25.6. The van der Waals surface area contributed by atoms with E-state index in [-0.39, 0.29) is 22.0 Å². The Balaban J connectivity index is 2.26. The number of rotatable bonds is 5. The van der Waals surface area contributed by atoms with Gasteiger partial charge in [0.25, 0.3) is 5.91 Å². The molecule has 1 amide bonds. The maximum Gasteiger partial charge on any atom is 0.257 e. The SMILES string of the molecule is CCS(=O)(=O)Nc1ccc(Cl)c(C(=O)Nc2cccc(Cl)c2)c1. The van der Waals surface area contributed by atoms with E-state index in [1.54, 1.807) is 24.3 Å². The van der Waals surface area contributed by atoms with Gasteiger partial charge in [0.1, 0.15) is 0 Å². The van der Waals surface area contributed by atoms with Crippen molar-refractivity contribution in [3.63, 3.8) is 0 Å². The Kier molecular flexibility index (Phi) is 5.51. The molecule has 0 aliphatic carbocycles. The molecule has 2 N–H and O–H groups in total. The maximum atomic E-state index is 12.3. The average Bonchev–Trinajstić information content (AvgIpc) is 2.49. The molecule has 2 aromatic rings. The van der Waals surface area contributed by atoms with Crippen molar-refractivity contribution in [2.75, 3.05) is 15.8 Å². The van der Waals surface area contributed by atoms with Gasteiger partial charge in [0.15, 0.2) is 0 Å². The Bertz CT molecular complexity index is 838. The maximum absolute atomic E-state index is 12.3. The van der Waals surface area contributed by atoms with Gasteiger partial charge in [-0.15, -0.1) is 0 Å². The number of amides is 1. The minimum absolute atomic E-state index is 0.0698. The van der Waals surface area contributed by atoms with Crippen molar-refractivity contribution < 1.29 is 13.2 Å². The third kappa shape index (κ3) is 4.86. The van der Waals surface area contributed by atoms with Crippen molar-refractivity contribution >= 4 is 50.5 Å². The number of benzene rings is 2. The topological polar surface area (TPSA) is 75.3 Å². The summed E-state index contributed by atoms with van der Waals surface area (Å²) in [4.78, 5) is 12.3. The zero-order valence-electron chi connectivity index (χ0n) is 12.1. The Morgan fingerprint density at radius 3 is 2.48 bits per heavy atom. The third-order valence-corrected chi connectivity index (χ3v) is 4.82. The van der Waals surface area contributed by atoms with Crippen molar-refractivity contribution in [3.05, 3.63) is 58.1 Å². The molecule has 0 bridgehead atoms. The lowest BCUT2D eigenvalue weighted by molar-refractivity contribution is 0.102. The molecule has 2 aromatic carbocycles. The molecule has 0 aliphatic heterocycles. The Hall–Kier alpha value is -1.76. The second kappa shape index (κ2) is 7.21. The largest absolute Gasteiger partial charge is 0.322 e. The fraction of sp³-hybridized carbons (Fsp3) is 0.133. The lowest BCUT2D eigenvalue weighted by Gasteiger charge is -2.10. The van der Waals surface area contributed by atoms with Crippen molar-refractivity contribution in [2.45, 2.75) is 6.92 Å². The van der Waals surface area contributed by atoms with Gasteiger partial charge in [-0.1, -0.05) is 29.3 Å². The summed E-state index contributed by atoms with van der Waals surface area (Å²) in [5, 5.41) is 3.36. The first kappa shape index (κ1) is 17.6. The molecule has 0 atom stereocenters. The smallest absolute Gasteiger partial charge is 0.257 e. The Morgan fingerprint density at radius 2 is 1.83 bits per heavy atom. The Morgan fingerprint density at radius 1 is 1.09 bits per heavy atom. The number of halogens is 2. The van der Waals surface area contributed by atoms with E-state index in [1.807, 2.05) is 0 Å². The monoisotopic (exact) mass is 372 g/mol. The van der Waals surface area contributed by atoms with Crippen molar-refractivity contribution in [1.82, 2.24) is 0 Å². The second-order valence-corrected chi connectivity index (χ2v) is 7.52. The summed E-state index contributed by atoms with van der Waals surface area (Å²) >= 11 is 11.9. The molecule has 0 aromatic heterocycles. The van der Waals surface area contributed by atoms with Crippen LogP contribution in [0.25, 0.3) is 0 Å². The standard InChI is InChI=1S/C15H14Cl2N2O3S/c1-2-23(21,22)19-12-6-7-14(17)13(9-12)15(20)18-11-5-3-4-10(16)8-11/h3-9,19H,2H2,1H3,(H,18,20). The summed E-state index contributed by atoms with van der Waals surface area (Å²) in [5.74, 6) is -0.533. The van der Waals surface area contributed by atoms with Gasteiger partial charge in [0, 0.05) is 16.4 Å². The van der Waals surface area contributed by atoms with Crippen molar-refractivity contribution in [2.24, 2.45) is 0 Å². The first-order valence-electron chi connectivity index (χ1n) is 6.67. The van der Waals surface area contributed by atoms with Crippen LogP contribution in [0, 0.1) is 0 Å². The van der Waals surface area contributed by atoms with Gasteiger partial charge in [-0.05, 0) is 43.3 Å². The lowest BCUT2D eigenvalue weighted by Crippen LogP contribution is -2.16. The van der Waals surface area contributed by atoms with Gasteiger partial charge in [0.05, 0.1) is 16.3 Å². The highest BCUT2D eigenvalue weighted by Crippen LogP contribution is 2.23. The number of nitrogens with one attached hydrogen (secondary N) is 2. The van der Waals surface area contributed by atoms with Gasteiger partial charge in [-0.3, -0.25) is 9.52 Å². The summed E-state index contributed by atoms with van der Waals surface area (Å²) in [6, 6.07) is 11.0. The molecule has 0 saturated carbocycles. The van der Waals surface area contributed by atoms with Crippen LogP contribution in [0.15, 0.2) is 42.5 Å². The summed E-state index contributed by atoms with van der Waals surface area (Å²) in [6.07, 6.45) is 0. The molecule has 0 saturated heterocycles. The first-order valence-corrected chi connectivity index (χ1v) is 9.08. The van der Waals surface area contributed by atoms with Gasteiger partial charge in [-0.25, -0.2) is 8.42 Å². The van der Waals surface area contributed by atoms with Gasteiger partial charge in [0.2, 0.25) is 10.0 Å². The van der Waals surface area contributed by atoms with Crippen LogP contribution < -0.4 is 10.0 Å². The zero-order valence-corrected chi connectivity index (χ0v) is 14.5. The minimum atomic E-state index is -3.43. The van der Waals surface area contributed by atoms with Crippen LogP contribution in [0.1, 0.15) is 17.3 Å². The molecule has 8 heteroatoms. The van der Waals surface area contributed by atoms with Crippen molar-refractivity contribution in [1.29, 1.82) is 0 Å². The van der Waals surface area contributed by atoms with E-state index in [9.17, 15) is 13.2 Å². The number of carbonyl (C=O) groups is 1. The molecule has 122 valence electrons. The first-order chi connectivity index (χ1) is 10.8. The molecule has 0 fully saturated rings. The van der Waals surface area contributed by atoms with Crippen LogP contribution >= 0.6 is 23.2 Å². The quantitative estimate of drug-likeness (QED) is 0.832. The summed E-state index contributed by atoms with van der Waals surface area (Å²) in [7, 11) is -3.43. The van der Waals surface area contributed by atoms with E-state index in [2.05, 4.69) is 10.0 Å². The third-order valence-electron chi connectivity index (χ3n) is 2.95. The summed E-state index contributed by atoms with van der Waals surface area (Å²) in [5.41, 5.74) is 0.938. The van der Waals surface area contributed by atoms with Crippen LogP contribution in [-0.2, 0) is 10.0 Å². The fourth-order valence-electron chi connectivity index (χ4n) is 1.78. The number of hydrogen-bond acceptors (Lipinski definition) is 3. The molecule has 0 heterocycles. The average molecular weight is 373 g/mol. The lowest BCUT2D eigenvalue weighted by atomic mass is 10.2. The normalized spacial score (nSPS) is 11.1. The van der Waals surface area contributed by atoms with Gasteiger partial charge in [-0.2, -0.15) is 0 Å². The van der Waals surface area contributed by atoms with Crippen LogP contribution in [-0.4, -0.2) is 20.1 Å². The number of anilines is 2. The molecule has 2 rings (SSSR count). The van der Waals surface area contributed by atoms with E-state index in [4.69, 9.17) is 23.2 Å². The number of sulfonamides is 1. The highest BCUT2D eigenvalue weighted by molar-refractivity contribution is 7.92. The molecule has 0 unspecified atom stereocenters. The molecular formula is C15H14Cl2N2O3S. The molecule has 5 nitrogen and oxygen atoms in total. The molecule has 0 spiro atoms. The van der Waals surface area contributed by atoms with E-state index in [0.717, 1.165) is 0 Å². The zero-order chi connectivity index (χ0) is 17.0. The summed E-state index contributed by atoms with van der Waals surface area (Å²) in [6.45, 7) is 1.52. The second-order valence-electron chi connectivity index (χ2n) is 4.66. The van der Waals surface area contributed by atoms with E-state index in [1.165, 1.54) is 25.1 Å². The van der Waals surface area contributed by atoms with Crippen molar-refractivity contribution in [3.8, 4) is 0 Å². The van der Waals surface area contributed by atoms with Gasteiger partial charge >= 0.3 is 0 Å². The highest BCUT2D eigenvalue weighted by Gasteiger charge is 2.14. The van der Waals surface area contributed by atoms with Gasteiger partial charge < -0.3 is 5.32 Å². The van der Waals surface area contributed by atoms with Crippen LogP contribution in [0.3, 0.4) is 0 Å². The fourth-order valence-corrected chi connectivity index (χ4v) is 2.80. The molecule has 0 aliphatic rings. The number of carbonyl (C=O) groups excluding carboxylic acids is 1. The van der Waals surface area contributed by atoms with E-state index in [0.29, 0.717) is 10.7 Å². The Labute approximate surface area is 144 Å².